The number of sulfone groups is 1. The number of hydrogen-bond donors (Lipinski definition) is 0. The minimum Gasteiger partial charge on any atom is -0.229 e. The Morgan fingerprint density at radius 2 is 2.00 bits per heavy atom. The zero-order chi connectivity index (χ0) is 11.0. The van der Waals surface area contributed by atoms with Crippen LogP contribution in [0.5, 0.6) is 0 Å². The van der Waals surface area contributed by atoms with E-state index in [1.165, 1.54) is 0 Å². The van der Waals surface area contributed by atoms with Crippen LogP contribution in [0.1, 0.15) is 33.6 Å². The average molecular weight is 239 g/mol. The Kier molecular flexibility index (Phi) is 3.53. The molecule has 0 aromatic heterocycles. The fraction of sp³-hybridized carbons (Fsp3) is 1.00. The van der Waals surface area contributed by atoms with Crippen LogP contribution in [-0.4, -0.2) is 25.3 Å². The average Bonchev–Trinajstić information content (AvgIpc) is 2.26. The molecular weight excluding hydrogens is 220 g/mol. The molecule has 2 nitrogen and oxygen atoms in total. The van der Waals surface area contributed by atoms with E-state index in [-0.39, 0.29) is 22.5 Å². The van der Waals surface area contributed by atoms with Crippen molar-refractivity contribution in [3.8, 4) is 0 Å². The summed E-state index contributed by atoms with van der Waals surface area (Å²) in [6.45, 7) is 6.39. The maximum Gasteiger partial charge on any atom is 0.150 e. The third-order valence-corrected chi connectivity index (χ3v) is 4.89. The van der Waals surface area contributed by atoms with Gasteiger partial charge in [-0.05, 0) is 24.2 Å². The van der Waals surface area contributed by atoms with Crippen LogP contribution < -0.4 is 0 Å². The summed E-state index contributed by atoms with van der Waals surface area (Å²) in [6.07, 6.45) is 1.63. The van der Waals surface area contributed by atoms with E-state index < -0.39 is 9.84 Å². The van der Waals surface area contributed by atoms with Crippen LogP contribution in [0.3, 0.4) is 0 Å². The van der Waals surface area contributed by atoms with E-state index in [0.29, 0.717) is 5.75 Å². The Labute approximate surface area is 91.9 Å². The molecule has 1 aliphatic rings. The lowest BCUT2D eigenvalue weighted by Gasteiger charge is -2.24. The zero-order valence-corrected chi connectivity index (χ0v) is 10.7. The fourth-order valence-electron chi connectivity index (χ4n) is 1.86. The molecule has 1 aliphatic heterocycles. The van der Waals surface area contributed by atoms with E-state index in [1.54, 1.807) is 0 Å². The first-order valence-electron chi connectivity index (χ1n) is 5.04. The number of rotatable bonds is 2. The van der Waals surface area contributed by atoms with Crippen LogP contribution in [0.4, 0.5) is 0 Å². The highest BCUT2D eigenvalue weighted by Gasteiger charge is 2.34. The summed E-state index contributed by atoms with van der Waals surface area (Å²) in [6, 6.07) is 0. The maximum atomic E-state index is 11.3. The molecule has 4 heteroatoms. The van der Waals surface area contributed by atoms with Gasteiger partial charge in [-0.25, -0.2) is 8.42 Å². The minimum absolute atomic E-state index is 0.00674. The van der Waals surface area contributed by atoms with Gasteiger partial charge >= 0.3 is 0 Å². The van der Waals surface area contributed by atoms with E-state index in [2.05, 4.69) is 20.8 Å². The van der Waals surface area contributed by atoms with Gasteiger partial charge in [0.25, 0.3) is 0 Å². The lowest BCUT2D eigenvalue weighted by molar-refractivity contribution is 0.337. The summed E-state index contributed by atoms with van der Waals surface area (Å²) in [7, 11) is -2.78. The second-order valence-corrected chi connectivity index (χ2v) is 8.23. The topological polar surface area (TPSA) is 34.1 Å². The normalized spacial score (nSPS) is 29.0. The molecule has 0 bridgehead atoms. The van der Waals surface area contributed by atoms with Gasteiger partial charge in [-0.2, -0.15) is 0 Å². The maximum absolute atomic E-state index is 11.3. The van der Waals surface area contributed by atoms with Crippen molar-refractivity contribution < 1.29 is 8.42 Å². The molecular formula is C10H19ClO2S. The molecule has 0 N–H and O–H groups in total. The summed E-state index contributed by atoms with van der Waals surface area (Å²) in [5, 5.41) is 0.00674. The molecule has 2 unspecified atom stereocenters. The predicted molar refractivity (Wildman–Crippen MR) is 60.5 cm³/mol. The van der Waals surface area contributed by atoms with Crippen LogP contribution in [-0.2, 0) is 9.84 Å². The van der Waals surface area contributed by atoms with Crippen molar-refractivity contribution in [1.29, 1.82) is 0 Å². The Morgan fingerprint density at radius 1 is 1.43 bits per heavy atom. The van der Waals surface area contributed by atoms with Gasteiger partial charge in [0.1, 0.15) is 0 Å². The highest BCUT2D eigenvalue weighted by molar-refractivity contribution is 7.91. The molecule has 0 spiro atoms. The highest BCUT2D eigenvalue weighted by atomic mass is 35.5. The highest BCUT2D eigenvalue weighted by Crippen LogP contribution is 2.33. The smallest absolute Gasteiger partial charge is 0.150 e. The first-order chi connectivity index (χ1) is 6.20. The van der Waals surface area contributed by atoms with Crippen molar-refractivity contribution in [1.82, 2.24) is 0 Å². The molecule has 0 saturated carbocycles. The van der Waals surface area contributed by atoms with Crippen molar-refractivity contribution in [2.45, 2.75) is 39.0 Å². The molecule has 0 aromatic rings. The van der Waals surface area contributed by atoms with Crippen molar-refractivity contribution in [2.75, 3.05) is 11.5 Å². The second kappa shape index (κ2) is 4.01. The van der Waals surface area contributed by atoms with Crippen molar-refractivity contribution in [2.24, 2.45) is 11.3 Å². The lowest BCUT2D eigenvalue weighted by atomic mass is 9.86. The fourth-order valence-corrected chi connectivity index (χ4v) is 4.52. The molecule has 0 radical (unpaired) electrons. The van der Waals surface area contributed by atoms with Gasteiger partial charge < -0.3 is 0 Å². The van der Waals surface area contributed by atoms with Gasteiger partial charge in [-0.3, -0.25) is 0 Å². The first kappa shape index (κ1) is 12.3. The third kappa shape index (κ3) is 3.77. The standard InChI is InChI=1S/C10H19ClO2S/c1-10(2,3)6-9(11)8-4-5-14(12,13)7-8/h8-9H,4-7H2,1-3H3. The van der Waals surface area contributed by atoms with Crippen molar-refractivity contribution in [3.05, 3.63) is 0 Å². The van der Waals surface area contributed by atoms with Crippen LogP contribution in [0.2, 0.25) is 0 Å². The number of hydrogen-bond acceptors (Lipinski definition) is 2. The summed E-state index contributed by atoms with van der Waals surface area (Å²) in [5.74, 6) is 0.781. The molecule has 0 aromatic carbocycles. The summed E-state index contributed by atoms with van der Waals surface area (Å²) in [4.78, 5) is 0. The van der Waals surface area contributed by atoms with Crippen LogP contribution in [0.15, 0.2) is 0 Å². The second-order valence-electron chi connectivity index (χ2n) is 5.44. The zero-order valence-electron chi connectivity index (χ0n) is 9.09. The van der Waals surface area contributed by atoms with Crippen molar-refractivity contribution in [3.63, 3.8) is 0 Å². The largest absolute Gasteiger partial charge is 0.229 e. The van der Waals surface area contributed by atoms with E-state index in [4.69, 9.17) is 11.6 Å². The van der Waals surface area contributed by atoms with E-state index >= 15 is 0 Å². The Hall–Kier alpha value is 0.240. The van der Waals surface area contributed by atoms with Gasteiger partial charge in [0.2, 0.25) is 0 Å². The lowest BCUT2D eigenvalue weighted by Crippen LogP contribution is -2.22. The van der Waals surface area contributed by atoms with Crippen LogP contribution in [0, 0.1) is 11.3 Å². The number of halogens is 1. The summed E-state index contributed by atoms with van der Waals surface area (Å²) < 4.78 is 22.5. The molecule has 1 heterocycles. The van der Waals surface area contributed by atoms with Crippen LogP contribution >= 0.6 is 11.6 Å². The Balaban J connectivity index is 2.52. The van der Waals surface area contributed by atoms with Gasteiger partial charge in [-0.15, -0.1) is 11.6 Å². The quantitative estimate of drug-likeness (QED) is 0.693. The van der Waals surface area contributed by atoms with Crippen molar-refractivity contribution >= 4 is 21.4 Å². The Bertz CT molecular complexity index is 290. The Morgan fingerprint density at radius 3 is 2.36 bits per heavy atom. The first-order valence-corrected chi connectivity index (χ1v) is 7.30. The summed E-state index contributed by atoms with van der Waals surface area (Å²) in [5.41, 5.74) is 0.179. The van der Waals surface area contributed by atoms with Crippen LogP contribution in [0.25, 0.3) is 0 Å². The molecule has 1 fully saturated rings. The molecule has 2 atom stereocenters. The summed E-state index contributed by atoms with van der Waals surface area (Å²) >= 11 is 6.23. The molecule has 1 saturated heterocycles. The van der Waals surface area contributed by atoms with Gasteiger partial charge in [0, 0.05) is 5.38 Å². The van der Waals surface area contributed by atoms with Gasteiger partial charge in [0.15, 0.2) is 9.84 Å². The van der Waals surface area contributed by atoms with E-state index in [9.17, 15) is 8.42 Å². The van der Waals surface area contributed by atoms with Gasteiger partial charge in [-0.1, -0.05) is 20.8 Å². The minimum atomic E-state index is -2.78. The third-order valence-electron chi connectivity index (χ3n) is 2.59. The molecule has 0 amide bonds. The molecule has 14 heavy (non-hydrogen) atoms. The molecule has 84 valence electrons. The SMILES string of the molecule is CC(C)(C)CC(Cl)C1CCS(=O)(=O)C1. The van der Waals surface area contributed by atoms with Gasteiger partial charge in [0.05, 0.1) is 11.5 Å². The molecule has 1 rings (SSSR count). The van der Waals surface area contributed by atoms with E-state index in [1.807, 2.05) is 0 Å². The molecule has 0 aliphatic carbocycles. The monoisotopic (exact) mass is 238 g/mol. The number of alkyl halides is 1. The van der Waals surface area contributed by atoms with E-state index in [0.717, 1.165) is 12.8 Å². The predicted octanol–water partition coefficient (Wildman–Crippen LogP) is 2.46.